The number of carbonyl (C=O) groups is 2. The van der Waals surface area contributed by atoms with Gasteiger partial charge in [0.2, 0.25) is 11.8 Å². The van der Waals surface area contributed by atoms with Crippen molar-refractivity contribution in [1.82, 2.24) is 0 Å². The topological polar surface area (TPSA) is 37.4 Å². The molecule has 17 heavy (non-hydrogen) atoms. The van der Waals surface area contributed by atoms with Gasteiger partial charge in [-0.2, -0.15) is 13.2 Å². The van der Waals surface area contributed by atoms with Crippen molar-refractivity contribution in [2.45, 2.75) is 12.6 Å². The largest absolute Gasteiger partial charge is 0.401 e. The molecule has 1 aliphatic rings. The second kappa shape index (κ2) is 3.87. The van der Waals surface area contributed by atoms with E-state index in [0.29, 0.717) is 4.90 Å². The maximum absolute atomic E-state index is 12.5. The fraction of sp³-hybridized carbons (Fsp3) is 0.273. The van der Waals surface area contributed by atoms with Gasteiger partial charge >= 0.3 is 6.18 Å². The van der Waals surface area contributed by atoms with Crippen LogP contribution in [-0.4, -0.2) is 18.0 Å². The minimum atomic E-state index is -4.67. The number of imide groups is 1. The number of anilines is 1. The number of hydrogen-bond acceptors (Lipinski definition) is 2. The Hall–Kier alpha value is -1.85. The van der Waals surface area contributed by atoms with E-state index in [-0.39, 0.29) is 5.69 Å². The molecule has 1 aliphatic heterocycles. The summed E-state index contributed by atoms with van der Waals surface area (Å²) in [5.41, 5.74) is 0.175. The Kier molecular flexibility index (Phi) is 2.65. The molecular formula is C11H8F3NO2. The predicted octanol–water partition coefficient (Wildman–Crippen LogP) is 2.13. The highest BCUT2D eigenvalue weighted by atomic mass is 19.4. The van der Waals surface area contributed by atoms with E-state index in [2.05, 4.69) is 0 Å². The smallest absolute Gasteiger partial charge is 0.274 e. The van der Waals surface area contributed by atoms with Gasteiger partial charge in [0, 0.05) is 6.42 Å². The summed E-state index contributed by atoms with van der Waals surface area (Å²) in [5.74, 6) is -4.23. The molecule has 0 saturated carbocycles. The number of benzene rings is 1. The van der Waals surface area contributed by atoms with Gasteiger partial charge in [0.05, 0.1) is 5.69 Å². The summed E-state index contributed by atoms with van der Waals surface area (Å²) in [6, 6.07) is 7.60. The zero-order chi connectivity index (χ0) is 12.6. The lowest BCUT2D eigenvalue weighted by molar-refractivity contribution is -0.178. The average molecular weight is 243 g/mol. The Morgan fingerprint density at radius 1 is 1.12 bits per heavy atom. The second-order valence-electron chi connectivity index (χ2n) is 3.70. The van der Waals surface area contributed by atoms with Crippen LogP contribution in [0.25, 0.3) is 0 Å². The maximum atomic E-state index is 12.5. The monoisotopic (exact) mass is 243 g/mol. The average Bonchev–Trinajstić information content (AvgIpc) is 2.55. The first kappa shape index (κ1) is 11.6. The molecule has 0 unspecified atom stereocenters. The maximum Gasteiger partial charge on any atom is 0.401 e. The van der Waals surface area contributed by atoms with E-state index >= 15 is 0 Å². The van der Waals surface area contributed by atoms with Crippen LogP contribution in [0, 0.1) is 5.92 Å². The molecule has 0 N–H and O–H groups in total. The standard InChI is InChI=1S/C11H8F3NO2/c12-11(13,14)8-6-9(16)15(10(8)17)7-4-2-1-3-5-7/h1-5,8H,6H2/t8-/m1/s1. The summed E-state index contributed by atoms with van der Waals surface area (Å²) in [7, 11) is 0. The van der Waals surface area contributed by atoms with E-state index < -0.39 is 30.3 Å². The Morgan fingerprint density at radius 3 is 2.18 bits per heavy atom. The van der Waals surface area contributed by atoms with Gasteiger partial charge in [-0.05, 0) is 12.1 Å². The number of hydrogen-bond donors (Lipinski definition) is 0. The molecule has 6 heteroatoms. The van der Waals surface area contributed by atoms with Crippen LogP contribution in [-0.2, 0) is 9.59 Å². The van der Waals surface area contributed by atoms with Gasteiger partial charge in [-0.3, -0.25) is 14.5 Å². The van der Waals surface area contributed by atoms with E-state index in [0.717, 1.165) is 0 Å². The van der Waals surface area contributed by atoms with Crippen LogP contribution in [0.5, 0.6) is 0 Å². The number of carbonyl (C=O) groups excluding carboxylic acids is 2. The third-order valence-corrected chi connectivity index (χ3v) is 2.56. The van der Waals surface area contributed by atoms with Gasteiger partial charge in [0.15, 0.2) is 0 Å². The zero-order valence-electron chi connectivity index (χ0n) is 8.57. The summed E-state index contributed by atoms with van der Waals surface area (Å²) in [6.07, 6.45) is -5.48. The van der Waals surface area contributed by atoms with Gasteiger partial charge in [0.1, 0.15) is 5.92 Å². The molecule has 0 radical (unpaired) electrons. The predicted molar refractivity (Wildman–Crippen MR) is 53.1 cm³/mol. The molecule has 90 valence electrons. The van der Waals surface area contributed by atoms with Crippen molar-refractivity contribution in [1.29, 1.82) is 0 Å². The zero-order valence-corrected chi connectivity index (χ0v) is 8.57. The second-order valence-corrected chi connectivity index (χ2v) is 3.70. The third-order valence-electron chi connectivity index (χ3n) is 2.56. The Bertz CT molecular complexity index is 456. The van der Waals surface area contributed by atoms with Crippen molar-refractivity contribution in [2.75, 3.05) is 4.90 Å². The first-order valence-electron chi connectivity index (χ1n) is 4.90. The highest BCUT2D eigenvalue weighted by Crippen LogP contribution is 2.37. The molecule has 3 nitrogen and oxygen atoms in total. The van der Waals surface area contributed by atoms with Crippen molar-refractivity contribution in [3.63, 3.8) is 0 Å². The van der Waals surface area contributed by atoms with Crippen molar-refractivity contribution < 1.29 is 22.8 Å². The van der Waals surface area contributed by atoms with Crippen molar-refractivity contribution in [2.24, 2.45) is 5.92 Å². The first-order chi connectivity index (χ1) is 7.91. The lowest BCUT2D eigenvalue weighted by atomic mass is 10.1. The summed E-state index contributed by atoms with van der Waals surface area (Å²) in [4.78, 5) is 23.6. The Balaban J connectivity index is 2.33. The fourth-order valence-corrected chi connectivity index (χ4v) is 1.74. The molecule has 1 aromatic rings. The normalized spacial score (nSPS) is 21.1. The number of nitrogens with zero attached hydrogens (tertiary/aromatic N) is 1. The Labute approximate surface area is 94.8 Å². The van der Waals surface area contributed by atoms with Crippen molar-refractivity contribution in [3.05, 3.63) is 30.3 Å². The lowest BCUT2D eigenvalue weighted by Crippen LogP contribution is -2.34. The van der Waals surface area contributed by atoms with E-state index in [1.54, 1.807) is 18.2 Å². The van der Waals surface area contributed by atoms with Crippen LogP contribution in [0.1, 0.15) is 6.42 Å². The molecule has 1 heterocycles. The van der Waals surface area contributed by atoms with Crippen molar-refractivity contribution >= 4 is 17.5 Å². The molecule has 0 bridgehead atoms. The van der Waals surface area contributed by atoms with Crippen LogP contribution in [0.4, 0.5) is 18.9 Å². The molecule has 1 saturated heterocycles. The highest BCUT2D eigenvalue weighted by molar-refractivity contribution is 6.21. The number of alkyl halides is 3. The Morgan fingerprint density at radius 2 is 1.71 bits per heavy atom. The first-order valence-corrected chi connectivity index (χ1v) is 4.90. The SMILES string of the molecule is O=C1C[C@@H](C(F)(F)F)C(=O)N1c1ccccc1. The highest BCUT2D eigenvalue weighted by Gasteiger charge is 2.53. The minimum Gasteiger partial charge on any atom is -0.274 e. The summed E-state index contributed by atoms with van der Waals surface area (Å²) < 4.78 is 37.4. The van der Waals surface area contributed by atoms with Crippen LogP contribution in [0.15, 0.2) is 30.3 Å². The van der Waals surface area contributed by atoms with Gasteiger partial charge in [0.25, 0.3) is 0 Å². The van der Waals surface area contributed by atoms with Gasteiger partial charge < -0.3 is 0 Å². The van der Waals surface area contributed by atoms with Crippen LogP contribution in [0.2, 0.25) is 0 Å². The fourth-order valence-electron chi connectivity index (χ4n) is 1.74. The lowest BCUT2D eigenvalue weighted by Gasteiger charge is -2.15. The van der Waals surface area contributed by atoms with Gasteiger partial charge in [-0.15, -0.1) is 0 Å². The molecule has 0 spiro atoms. The van der Waals surface area contributed by atoms with Crippen LogP contribution < -0.4 is 4.90 Å². The third kappa shape index (κ3) is 2.02. The molecule has 1 fully saturated rings. The molecular weight excluding hydrogens is 235 g/mol. The molecule has 2 rings (SSSR count). The van der Waals surface area contributed by atoms with Gasteiger partial charge in [-0.1, -0.05) is 18.2 Å². The van der Waals surface area contributed by atoms with E-state index in [4.69, 9.17) is 0 Å². The molecule has 2 amide bonds. The quantitative estimate of drug-likeness (QED) is 0.708. The molecule has 0 aliphatic carbocycles. The van der Waals surface area contributed by atoms with E-state index in [9.17, 15) is 22.8 Å². The van der Waals surface area contributed by atoms with Crippen LogP contribution in [0.3, 0.4) is 0 Å². The molecule has 1 aromatic carbocycles. The molecule has 1 atom stereocenters. The van der Waals surface area contributed by atoms with Gasteiger partial charge in [-0.25, -0.2) is 0 Å². The van der Waals surface area contributed by atoms with E-state index in [1.807, 2.05) is 0 Å². The minimum absolute atomic E-state index is 0.175. The number of amides is 2. The summed E-state index contributed by atoms with van der Waals surface area (Å²) in [6.45, 7) is 0. The number of halogens is 3. The summed E-state index contributed by atoms with van der Waals surface area (Å²) >= 11 is 0. The van der Waals surface area contributed by atoms with E-state index in [1.165, 1.54) is 12.1 Å². The number of rotatable bonds is 1. The summed E-state index contributed by atoms with van der Waals surface area (Å²) in [5, 5.41) is 0. The number of para-hydroxylation sites is 1. The molecule has 0 aromatic heterocycles. The van der Waals surface area contributed by atoms with Crippen LogP contribution >= 0.6 is 0 Å². The van der Waals surface area contributed by atoms with Crippen molar-refractivity contribution in [3.8, 4) is 0 Å².